The van der Waals surface area contributed by atoms with E-state index < -0.39 is 0 Å². The fraction of sp³-hybridized carbons (Fsp3) is 0.312. The number of nitrogens with two attached hydrogens (primary N) is 1. The lowest BCUT2D eigenvalue weighted by Gasteiger charge is -2.34. The molecule has 0 unspecified atom stereocenters. The highest BCUT2D eigenvalue weighted by Crippen LogP contribution is 2.19. The smallest absolute Gasteiger partial charge is 0.259 e. The van der Waals surface area contributed by atoms with E-state index in [1.165, 1.54) is 4.52 Å². The van der Waals surface area contributed by atoms with Crippen molar-refractivity contribution in [2.24, 2.45) is 0 Å². The standard InChI is InChI=1S/C16H18N10O/c17-14-21-15(22-16-20-13(23-26(14)16)12-2-1-7-27-12)25-5-3-24(4-6-25)9-11-8-18-10-19-11/h1-2,7-8,10H,3-6,9H2,(H,18,19)(H2,17,20,21,22,23). The maximum atomic E-state index is 6.08. The van der Waals surface area contributed by atoms with Crippen LogP contribution in [0.3, 0.4) is 0 Å². The van der Waals surface area contributed by atoms with Gasteiger partial charge in [-0.3, -0.25) is 4.90 Å². The van der Waals surface area contributed by atoms with Crippen molar-refractivity contribution in [1.82, 2.24) is 39.4 Å². The van der Waals surface area contributed by atoms with Gasteiger partial charge in [-0.2, -0.15) is 19.5 Å². The summed E-state index contributed by atoms with van der Waals surface area (Å²) in [6.07, 6.45) is 5.20. The van der Waals surface area contributed by atoms with E-state index in [1.807, 2.05) is 6.20 Å². The van der Waals surface area contributed by atoms with Crippen molar-refractivity contribution in [3.05, 3.63) is 36.6 Å². The van der Waals surface area contributed by atoms with Crippen LogP contribution in [0.1, 0.15) is 5.69 Å². The highest BCUT2D eigenvalue weighted by atomic mass is 16.3. The molecule has 0 spiro atoms. The van der Waals surface area contributed by atoms with E-state index in [1.54, 1.807) is 24.7 Å². The van der Waals surface area contributed by atoms with Crippen molar-refractivity contribution in [3.8, 4) is 11.6 Å². The summed E-state index contributed by atoms with van der Waals surface area (Å²) in [5.74, 6) is 2.22. The maximum absolute atomic E-state index is 6.08. The Kier molecular flexibility index (Phi) is 3.71. The summed E-state index contributed by atoms with van der Waals surface area (Å²) in [6.45, 7) is 4.23. The quantitative estimate of drug-likeness (QED) is 0.527. The Bertz CT molecular complexity index is 1030. The van der Waals surface area contributed by atoms with Gasteiger partial charge in [0.15, 0.2) is 5.76 Å². The van der Waals surface area contributed by atoms with Crippen LogP contribution >= 0.6 is 0 Å². The first-order chi connectivity index (χ1) is 13.3. The minimum absolute atomic E-state index is 0.249. The fourth-order valence-corrected chi connectivity index (χ4v) is 3.16. The zero-order valence-electron chi connectivity index (χ0n) is 14.5. The predicted molar refractivity (Wildman–Crippen MR) is 96.8 cm³/mol. The van der Waals surface area contributed by atoms with Gasteiger partial charge in [-0.25, -0.2) is 4.98 Å². The van der Waals surface area contributed by atoms with E-state index in [9.17, 15) is 0 Å². The van der Waals surface area contributed by atoms with Crippen LogP contribution in [0.4, 0.5) is 11.9 Å². The molecule has 4 aromatic rings. The Morgan fingerprint density at radius 1 is 1.15 bits per heavy atom. The van der Waals surface area contributed by atoms with Gasteiger partial charge in [0.1, 0.15) is 0 Å². The monoisotopic (exact) mass is 366 g/mol. The minimum Gasteiger partial charge on any atom is -0.461 e. The van der Waals surface area contributed by atoms with Gasteiger partial charge in [-0.1, -0.05) is 0 Å². The molecule has 0 bridgehead atoms. The maximum Gasteiger partial charge on any atom is 0.259 e. The van der Waals surface area contributed by atoms with E-state index in [4.69, 9.17) is 10.2 Å². The van der Waals surface area contributed by atoms with Crippen LogP contribution in [-0.4, -0.2) is 65.6 Å². The number of imidazole rings is 1. The van der Waals surface area contributed by atoms with Gasteiger partial charge in [-0.15, -0.1) is 5.10 Å². The minimum atomic E-state index is 0.249. The molecule has 0 radical (unpaired) electrons. The highest BCUT2D eigenvalue weighted by Gasteiger charge is 2.22. The van der Waals surface area contributed by atoms with Gasteiger partial charge >= 0.3 is 0 Å². The number of rotatable bonds is 4. The molecule has 1 aliphatic rings. The molecule has 1 fully saturated rings. The molecule has 4 aromatic heterocycles. The summed E-state index contributed by atoms with van der Waals surface area (Å²) in [5, 5.41) is 4.32. The van der Waals surface area contributed by atoms with E-state index >= 15 is 0 Å². The fourth-order valence-electron chi connectivity index (χ4n) is 3.16. The number of aromatic nitrogens is 7. The zero-order chi connectivity index (χ0) is 18.2. The number of nitrogen functional groups attached to an aromatic ring is 1. The molecule has 0 amide bonds. The summed E-state index contributed by atoms with van der Waals surface area (Å²) in [5.41, 5.74) is 7.12. The highest BCUT2D eigenvalue weighted by molar-refractivity contribution is 5.53. The van der Waals surface area contributed by atoms with Crippen molar-refractivity contribution in [1.29, 1.82) is 0 Å². The van der Waals surface area contributed by atoms with E-state index in [2.05, 4.69) is 39.8 Å². The molecule has 11 heteroatoms. The molecule has 0 aliphatic carbocycles. The van der Waals surface area contributed by atoms with Gasteiger partial charge in [0.2, 0.25) is 17.7 Å². The summed E-state index contributed by atoms with van der Waals surface area (Å²) < 4.78 is 6.77. The third-order valence-corrected chi connectivity index (χ3v) is 4.56. The molecule has 0 aromatic carbocycles. The SMILES string of the molecule is Nc1nc(N2CCN(Cc3c[nH]cn3)CC2)nc2nc(-c3ccco3)nn12. The second-order valence-electron chi connectivity index (χ2n) is 6.33. The number of anilines is 2. The molecule has 1 aliphatic heterocycles. The number of H-pyrrole nitrogens is 1. The van der Waals surface area contributed by atoms with Gasteiger partial charge < -0.3 is 20.0 Å². The Balaban J connectivity index is 1.34. The molecular weight excluding hydrogens is 348 g/mol. The number of nitrogens with one attached hydrogen (secondary N) is 1. The van der Waals surface area contributed by atoms with Gasteiger partial charge in [0.05, 0.1) is 18.3 Å². The number of fused-ring (bicyclic) bond motifs is 1. The van der Waals surface area contributed by atoms with Crippen molar-refractivity contribution < 1.29 is 4.42 Å². The second-order valence-corrected chi connectivity index (χ2v) is 6.33. The molecule has 27 heavy (non-hydrogen) atoms. The van der Waals surface area contributed by atoms with Gasteiger partial charge in [-0.05, 0) is 12.1 Å². The average molecular weight is 366 g/mol. The Morgan fingerprint density at radius 3 is 2.78 bits per heavy atom. The van der Waals surface area contributed by atoms with E-state index in [0.717, 1.165) is 38.4 Å². The molecule has 11 nitrogen and oxygen atoms in total. The van der Waals surface area contributed by atoms with Gasteiger partial charge in [0.25, 0.3) is 5.78 Å². The number of piperazine rings is 1. The van der Waals surface area contributed by atoms with E-state index in [0.29, 0.717) is 23.3 Å². The zero-order valence-corrected chi connectivity index (χ0v) is 14.5. The number of hydrogen-bond acceptors (Lipinski definition) is 9. The lowest BCUT2D eigenvalue weighted by atomic mass is 10.3. The first kappa shape index (κ1) is 15.8. The molecule has 3 N–H and O–H groups in total. The van der Waals surface area contributed by atoms with Crippen LogP contribution in [0, 0.1) is 0 Å². The van der Waals surface area contributed by atoms with Crippen LogP contribution in [-0.2, 0) is 6.54 Å². The number of nitrogens with zero attached hydrogens (tertiary/aromatic N) is 8. The molecule has 5 heterocycles. The third-order valence-electron chi connectivity index (χ3n) is 4.56. The Morgan fingerprint density at radius 2 is 2.04 bits per heavy atom. The molecule has 0 saturated carbocycles. The van der Waals surface area contributed by atoms with Crippen LogP contribution in [0.15, 0.2) is 35.3 Å². The Labute approximate surface area is 153 Å². The topological polar surface area (TPSA) is 130 Å². The Hall–Kier alpha value is -3.47. The van der Waals surface area contributed by atoms with Crippen LogP contribution in [0.2, 0.25) is 0 Å². The number of hydrogen-bond donors (Lipinski definition) is 2. The number of furan rings is 1. The summed E-state index contributed by atoms with van der Waals surface area (Å²) >= 11 is 0. The van der Waals surface area contributed by atoms with Crippen LogP contribution < -0.4 is 10.6 Å². The molecule has 1 saturated heterocycles. The lowest BCUT2D eigenvalue weighted by molar-refractivity contribution is 0.246. The summed E-state index contributed by atoms with van der Waals surface area (Å²) in [4.78, 5) is 25.1. The third kappa shape index (κ3) is 2.97. The van der Waals surface area contributed by atoms with Crippen molar-refractivity contribution in [3.63, 3.8) is 0 Å². The van der Waals surface area contributed by atoms with Crippen molar-refractivity contribution >= 4 is 17.7 Å². The largest absolute Gasteiger partial charge is 0.461 e. The molecule has 0 atom stereocenters. The summed E-state index contributed by atoms with van der Waals surface area (Å²) in [7, 11) is 0. The summed E-state index contributed by atoms with van der Waals surface area (Å²) in [6, 6.07) is 3.57. The van der Waals surface area contributed by atoms with Crippen molar-refractivity contribution in [2.75, 3.05) is 36.8 Å². The second kappa shape index (κ2) is 6.36. The molecule has 5 rings (SSSR count). The first-order valence-corrected chi connectivity index (χ1v) is 8.65. The van der Waals surface area contributed by atoms with Gasteiger partial charge in [0, 0.05) is 38.9 Å². The van der Waals surface area contributed by atoms with Crippen molar-refractivity contribution in [2.45, 2.75) is 6.54 Å². The molecular formula is C16H18N10O. The lowest BCUT2D eigenvalue weighted by Crippen LogP contribution is -2.46. The molecule has 138 valence electrons. The first-order valence-electron chi connectivity index (χ1n) is 8.65. The van der Waals surface area contributed by atoms with Crippen LogP contribution in [0.25, 0.3) is 17.4 Å². The number of aromatic amines is 1. The van der Waals surface area contributed by atoms with E-state index in [-0.39, 0.29) is 5.95 Å². The predicted octanol–water partition coefficient (Wildman–Crippen LogP) is 0.407. The average Bonchev–Trinajstić information content (AvgIpc) is 3.43. The normalized spacial score (nSPS) is 15.6. The van der Waals surface area contributed by atoms with Crippen LogP contribution in [0.5, 0.6) is 0 Å².